The van der Waals surface area contributed by atoms with Crippen LogP contribution in [0.2, 0.25) is 0 Å². The fraction of sp³-hybridized carbons (Fsp3) is 0.704. The van der Waals surface area contributed by atoms with Gasteiger partial charge in [0.1, 0.15) is 5.75 Å². The Morgan fingerprint density at radius 2 is 2.15 bits per heavy atom. The molecule has 5 aliphatic rings. The number of fused-ring (bicyclic) bond motifs is 2. The maximum atomic E-state index is 12.6. The van der Waals surface area contributed by atoms with Crippen molar-refractivity contribution in [3.63, 3.8) is 0 Å². The number of hydrogen-bond acceptors (Lipinski definition) is 5. The lowest BCUT2D eigenvalue weighted by atomic mass is 9.52. The number of nitrogens with zero attached hydrogens (tertiary/aromatic N) is 1. The number of amides is 2. The predicted octanol–water partition coefficient (Wildman–Crippen LogP) is 4.01. The predicted molar refractivity (Wildman–Crippen MR) is 134 cm³/mol. The molecular weight excluding hydrogens is 446 g/mol. The van der Waals surface area contributed by atoms with Crippen LogP contribution in [0, 0.1) is 5.92 Å². The second-order valence-corrected chi connectivity index (χ2v) is 12.4. The third kappa shape index (κ3) is 3.93. The summed E-state index contributed by atoms with van der Waals surface area (Å²) in [5.41, 5.74) is 3.23. The number of likely N-dealkylation sites (N-methyl/N-ethyl adjacent to an activating group) is 1. The topological polar surface area (TPSA) is 70.7 Å². The van der Waals surface area contributed by atoms with E-state index in [4.69, 9.17) is 4.74 Å². The molecule has 3 saturated heterocycles. The lowest BCUT2D eigenvalue weighted by Crippen LogP contribution is -2.59. The van der Waals surface area contributed by atoms with Gasteiger partial charge in [-0.15, -0.1) is 0 Å². The molecule has 0 aromatic heterocycles. The molecule has 2 bridgehead atoms. The fourth-order valence-corrected chi connectivity index (χ4v) is 9.22. The lowest BCUT2D eigenvalue weighted by molar-refractivity contribution is -0.134. The van der Waals surface area contributed by atoms with Crippen LogP contribution in [0.4, 0.5) is 4.79 Å². The molecule has 6 unspecified atom stereocenters. The largest absolute Gasteiger partial charge is 0.427 e. The van der Waals surface area contributed by atoms with Crippen LogP contribution in [0.3, 0.4) is 0 Å². The summed E-state index contributed by atoms with van der Waals surface area (Å²) >= 11 is 1.93. The molecule has 4 fully saturated rings. The number of piperidine rings is 1. The van der Waals surface area contributed by atoms with Crippen LogP contribution in [0.15, 0.2) is 18.2 Å². The van der Waals surface area contributed by atoms with E-state index in [-0.39, 0.29) is 29.5 Å². The first-order valence-corrected chi connectivity index (χ1v) is 14.3. The Morgan fingerprint density at radius 1 is 1.24 bits per heavy atom. The average Bonchev–Trinajstić information content (AvgIpc) is 3.38. The molecule has 3 aliphatic heterocycles. The first-order chi connectivity index (χ1) is 16.5. The molecule has 0 spiro atoms. The molecule has 1 aromatic carbocycles. The van der Waals surface area contributed by atoms with Gasteiger partial charge in [0.2, 0.25) is 0 Å². The van der Waals surface area contributed by atoms with E-state index in [1.807, 2.05) is 17.8 Å². The summed E-state index contributed by atoms with van der Waals surface area (Å²) in [6.45, 7) is 1.17. The van der Waals surface area contributed by atoms with Gasteiger partial charge in [0, 0.05) is 28.9 Å². The van der Waals surface area contributed by atoms with Gasteiger partial charge in [-0.05, 0) is 81.3 Å². The minimum atomic E-state index is -0.123. The molecule has 1 aromatic rings. The third-order valence-corrected chi connectivity index (χ3v) is 10.9. The van der Waals surface area contributed by atoms with Crippen molar-refractivity contribution >= 4 is 23.8 Å². The van der Waals surface area contributed by atoms with Gasteiger partial charge in [-0.2, -0.15) is 11.8 Å². The van der Waals surface area contributed by atoms with Gasteiger partial charge in [0.25, 0.3) is 0 Å². The molecule has 0 radical (unpaired) electrons. The third-order valence-electron chi connectivity index (χ3n) is 9.38. The number of esters is 1. The summed E-state index contributed by atoms with van der Waals surface area (Å²) in [6.07, 6.45) is 10.9. The van der Waals surface area contributed by atoms with Gasteiger partial charge in [0.05, 0.1) is 12.1 Å². The van der Waals surface area contributed by atoms with Crippen molar-refractivity contribution in [3.05, 3.63) is 29.3 Å². The molecule has 6 atom stereocenters. The maximum absolute atomic E-state index is 12.6. The number of rotatable bonds is 6. The molecule has 2 amide bonds. The number of unbranched alkanes of at least 4 members (excludes halogenated alkanes) is 1. The summed E-state index contributed by atoms with van der Waals surface area (Å²) in [6, 6.07) is 7.59. The van der Waals surface area contributed by atoms with Gasteiger partial charge >= 0.3 is 12.0 Å². The van der Waals surface area contributed by atoms with Crippen LogP contribution < -0.4 is 15.4 Å². The van der Waals surface area contributed by atoms with Gasteiger partial charge in [-0.25, -0.2) is 4.79 Å². The number of hydrogen-bond donors (Lipinski definition) is 2. The molecular formula is C27H37N3O3S. The first-order valence-electron chi connectivity index (χ1n) is 13.3. The number of thioether (sulfide) groups is 1. The summed E-state index contributed by atoms with van der Waals surface area (Å²) in [4.78, 5) is 26.8. The molecule has 34 heavy (non-hydrogen) atoms. The maximum Gasteiger partial charge on any atom is 0.315 e. The zero-order valence-corrected chi connectivity index (χ0v) is 21.0. The summed E-state index contributed by atoms with van der Waals surface area (Å²) in [7, 11) is 2.30. The highest BCUT2D eigenvalue weighted by Gasteiger charge is 2.53. The van der Waals surface area contributed by atoms with Crippen LogP contribution in [-0.2, 0) is 16.6 Å². The number of carbonyl (C=O) groups excluding carboxylic acids is 2. The monoisotopic (exact) mass is 483 g/mol. The van der Waals surface area contributed by atoms with Crippen LogP contribution >= 0.6 is 11.8 Å². The zero-order chi connectivity index (χ0) is 23.3. The van der Waals surface area contributed by atoms with Crippen molar-refractivity contribution in [2.24, 2.45) is 5.92 Å². The van der Waals surface area contributed by atoms with Crippen molar-refractivity contribution in [2.45, 2.75) is 93.0 Å². The van der Waals surface area contributed by atoms with E-state index >= 15 is 0 Å². The molecule has 1 saturated carbocycles. The van der Waals surface area contributed by atoms with Crippen molar-refractivity contribution in [3.8, 4) is 5.75 Å². The van der Waals surface area contributed by atoms with E-state index in [9.17, 15) is 9.59 Å². The highest BCUT2D eigenvalue weighted by atomic mass is 32.2. The first kappa shape index (κ1) is 22.7. The Labute approximate surface area is 206 Å². The summed E-state index contributed by atoms with van der Waals surface area (Å²) < 4.78 is 5.85. The molecule has 3 heterocycles. The normalized spacial score (nSPS) is 36.1. The number of likely N-dealkylation sites (tertiary alicyclic amines) is 1. The molecule has 7 heteroatoms. The Bertz CT molecular complexity index is 970. The van der Waals surface area contributed by atoms with E-state index in [1.165, 1.54) is 49.8 Å². The minimum Gasteiger partial charge on any atom is -0.427 e. The van der Waals surface area contributed by atoms with Gasteiger partial charge in [-0.3, -0.25) is 4.79 Å². The Hall–Kier alpha value is -1.73. The van der Waals surface area contributed by atoms with E-state index in [0.29, 0.717) is 17.7 Å². The highest BCUT2D eigenvalue weighted by molar-refractivity contribution is 8.00. The van der Waals surface area contributed by atoms with E-state index in [2.05, 4.69) is 34.7 Å². The van der Waals surface area contributed by atoms with Crippen LogP contribution in [-0.4, -0.2) is 59.6 Å². The van der Waals surface area contributed by atoms with Gasteiger partial charge in [-0.1, -0.05) is 25.3 Å². The number of nitrogens with one attached hydrogen (secondary N) is 2. The van der Waals surface area contributed by atoms with Crippen molar-refractivity contribution in [1.29, 1.82) is 0 Å². The number of ether oxygens (including phenoxy) is 1. The minimum absolute atomic E-state index is 0.0382. The zero-order valence-electron chi connectivity index (χ0n) is 20.2. The Balaban J connectivity index is 1.06. The number of carbonyl (C=O) groups is 2. The Kier molecular flexibility index (Phi) is 6.05. The fourth-order valence-electron chi connectivity index (χ4n) is 7.68. The molecule has 6 nitrogen and oxygen atoms in total. The molecule has 2 N–H and O–H groups in total. The van der Waals surface area contributed by atoms with Crippen LogP contribution in [0.5, 0.6) is 5.75 Å². The second-order valence-electron chi connectivity index (χ2n) is 11.2. The SMILES string of the molecule is CN1CCC23CCCCC2C1Cc1ccc(OC(=O)CCCCC2SCC4NC(=O)NC42)cc13. The summed E-state index contributed by atoms with van der Waals surface area (Å²) in [5.74, 6) is 2.33. The van der Waals surface area contributed by atoms with Crippen molar-refractivity contribution < 1.29 is 14.3 Å². The van der Waals surface area contributed by atoms with E-state index in [1.54, 1.807) is 0 Å². The lowest BCUT2D eigenvalue weighted by Gasteiger charge is -2.58. The molecule has 2 aliphatic carbocycles. The van der Waals surface area contributed by atoms with Crippen molar-refractivity contribution in [2.75, 3.05) is 19.3 Å². The molecule has 184 valence electrons. The van der Waals surface area contributed by atoms with Crippen LogP contribution in [0.25, 0.3) is 0 Å². The van der Waals surface area contributed by atoms with Gasteiger partial charge < -0.3 is 20.3 Å². The summed E-state index contributed by atoms with van der Waals surface area (Å²) in [5, 5.41) is 6.48. The number of urea groups is 1. The van der Waals surface area contributed by atoms with E-state index < -0.39 is 0 Å². The standard InChI is InChI=1S/C27H37N3O3S/c1-30-13-12-27-11-5-4-6-19(27)22(30)14-17-9-10-18(15-20(17)27)33-24(31)8-3-2-7-23-25-21(16-34-23)28-26(32)29-25/h9-10,15,19,21-23,25H,2-8,11-14,16H2,1H3,(H2,28,29,32). The quantitative estimate of drug-likeness (QED) is 0.277. The second kappa shape index (κ2) is 9.05. The Morgan fingerprint density at radius 3 is 3.06 bits per heavy atom. The highest BCUT2D eigenvalue weighted by Crippen LogP contribution is 2.56. The van der Waals surface area contributed by atoms with Crippen molar-refractivity contribution in [1.82, 2.24) is 15.5 Å². The van der Waals surface area contributed by atoms with Gasteiger partial charge in [0.15, 0.2) is 0 Å². The smallest absolute Gasteiger partial charge is 0.315 e. The van der Waals surface area contributed by atoms with Crippen LogP contribution in [0.1, 0.15) is 68.9 Å². The van der Waals surface area contributed by atoms with E-state index in [0.717, 1.165) is 43.1 Å². The average molecular weight is 484 g/mol. The number of benzene rings is 1. The molecule has 6 rings (SSSR count).